The quantitative estimate of drug-likeness (QED) is 0.721. The van der Waals surface area contributed by atoms with Crippen LogP contribution in [-0.2, 0) is 9.59 Å². The van der Waals surface area contributed by atoms with E-state index in [1.807, 2.05) is 13.8 Å². The monoisotopic (exact) mass is 321 g/mol. The number of carbonyl (C=O) groups excluding carboxylic acids is 3. The molecule has 1 aliphatic heterocycles. The van der Waals surface area contributed by atoms with E-state index in [0.29, 0.717) is 32.1 Å². The maximum atomic E-state index is 12.1. The van der Waals surface area contributed by atoms with Crippen LogP contribution in [0.3, 0.4) is 0 Å². The molecule has 0 spiro atoms. The SMILES string of the molecule is CC(C)CN1CC(C(=O)NCCNC(=O)c2ccco2)CC1=O. The molecule has 0 bridgehead atoms. The second-order valence-corrected chi connectivity index (χ2v) is 6.12. The Morgan fingerprint density at radius 2 is 2.09 bits per heavy atom. The van der Waals surface area contributed by atoms with Crippen molar-refractivity contribution >= 4 is 17.7 Å². The zero-order chi connectivity index (χ0) is 16.8. The van der Waals surface area contributed by atoms with Crippen molar-refractivity contribution in [3.05, 3.63) is 24.2 Å². The Labute approximate surface area is 135 Å². The minimum absolute atomic E-state index is 0.0324. The minimum Gasteiger partial charge on any atom is -0.459 e. The first-order valence-electron chi connectivity index (χ1n) is 7.84. The van der Waals surface area contributed by atoms with E-state index in [2.05, 4.69) is 10.6 Å². The molecule has 1 aromatic rings. The van der Waals surface area contributed by atoms with E-state index in [9.17, 15) is 14.4 Å². The van der Waals surface area contributed by atoms with Crippen LogP contribution in [0.15, 0.2) is 22.8 Å². The van der Waals surface area contributed by atoms with E-state index in [1.54, 1.807) is 17.0 Å². The molecule has 1 aliphatic rings. The van der Waals surface area contributed by atoms with Gasteiger partial charge in [0.1, 0.15) is 0 Å². The second-order valence-electron chi connectivity index (χ2n) is 6.12. The molecular formula is C16H23N3O4. The third kappa shape index (κ3) is 4.84. The summed E-state index contributed by atoms with van der Waals surface area (Å²) in [6.45, 7) is 5.87. The van der Waals surface area contributed by atoms with Gasteiger partial charge in [0.15, 0.2) is 5.76 Å². The lowest BCUT2D eigenvalue weighted by molar-refractivity contribution is -0.129. The molecule has 2 heterocycles. The van der Waals surface area contributed by atoms with Crippen molar-refractivity contribution < 1.29 is 18.8 Å². The van der Waals surface area contributed by atoms with E-state index >= 15 is 0 Å². The van der Waals surface area contributed by atoms with Gasteiger partial charge in [0, 0.05) is 32.6 Å². The van der Waals surface area contributed by atoms with E-state index in [4.69, 9.17) is 4.42 Å². The van der Waals surface area contributed by atoms with Crippen LogP contribution in [0.5, 0.6) is 0 Å². The van der Waals surface area contributed by atoms with Crippen LogP contribution < -0.4 is 10.6 Å². The topological polar surface area (TPSA) is 91.7 Å². The summed E-state index contributed by atoms with van der Waals surface area (Å²) >= 11 is 0. The molecule has 2 rings (SSSR count). The second kappa shape index (κ2) is 7.80. The van der Waals surface area contributed by atoms with Crippen molar-refractivity contribution in [1.29, 1.82) is 0 Å². The molecule has 1 aromatic heterocycles. The summed E-state index contributed by atoms with van der Waals surface area (Å²) in [7, 11) is 0. The van der Waals surface area contributed by atoms with Gasteiger partial charge < -0.3 is 20.0 Å². The van der Waals surface area contributed by atoms with Crippen LogP contribution in [0, 0.1) is 11.8 Å². The highest BCUT2D eigenvalue weighted by Gasteiger charge is 2.34. The van der Waals surface area contributed by atoms with E-state index in [0.717, 1.165) is 0 Å². The molecule has 0 aromatic carbocycles. The first kappa shape index (κ1) is 17.1. The van der Waals surface area contributed by atoms with Crippen molar-refractivity contribution in [1.82, 2.24) is 15.5 Å². The van der Waals surface area contributed by atoms with Gasteiger partial charge in [0.25, 0.3) is 5.91 Å². The summed E-state index contributed by atoms with van der Waals surface area (Å²) < 4.78 is 4.97. The van der Waals surface area contributed by atoms with Crippen LogP contribution >= 0.6 is 0 Å². The smallest absolute Gasteiger partial charge is 0.287 e. The summed E-state index contributed by atoms with van der Waals surface area (Å²) in [5.41, 5.74) is 0. The van der Waals surface area contributed by atoms with Gasteiger partial charge in [-0.25, -0.2) is 0 Å². The predicted octanol–water partition coefficient (Wildman–Crippen LogP) is 0.630. The molecular weight excluding hydrogens is 298 g/mol. The lowest BCUT2D eigenvalue weighted by Crippen LogP contribution is -2.38. The number of hydrogen-bond donors (Lipinski definition) is 2. The zero-order valence-electron chi connectivity index (χ0n) is 13.5. The first-order valence-corrected chi connectivity index (χ1v) is 7.84. The van der Waals surface area contributed by atoms with Gasteiger partial charge in [-0.2, -0.15) is 0 Å². The molecule has 1 fully saturated rings. The zero-order valence-corrected chi connectivity index (χ0v) is 13.5. The fourth-order valence-corrected chi connectivity index (χ4v) is 2.57. The summed E-state index contributed by atoms with van der Waals surface area (Å²) in [6.07, 6.45) is 1.69. The maximum absolute atomic E-state index is 12.1. The van der Waals surface area contributed by atoms with Crippen LogP contribution in [0.2, 0.25) is 0 Å². The molecule has 2 N–H and O–H groups in total. The third-order valence-electron chi connectivity index (χ3n) is 3.63. The molecule has 7 heteroatoms. The molecule has 3 amide bonds. The Morgan fingerprint density at radius 3 is 2.74 bits per heavy atom. The highest BCUT2D eigenvalue weighted by Crippen LogP contribution is 2.18. The fraction of sp³-hybridized carbons (Fsp3) is 0.562. The fourth-order valence-electron chi connectivity index (χ4n) is 2.57. The number of likely N-dealkylation sites (tertiary alicyclic amines) is 1. The lowest BCUT2D eigenvalue weighted by Gasteiger charge is -2.18. The molecule has 1 saturated heterocycles. The Morgan fingerprint density at radius 1 is 1.35 bits per heavy atom. The van der Waals surface area contributed by atoms with Gasteiger partial charge in [0.05, 0.1) is 12.2 Å². The first-order chi connectivity index (χ1) is 11.0. The number of amides is 3. The molecule has 1 unspecified atom stereocenters. The van der Waals surface area contributed by atoms with Crippen LogP contribution in [0.1, 0.15) is 30.8 Å². The standard InChI is InChI=1S/C16H23N3O4/c1-11(2)9-19-10-12(8-14(19)20)15(21)17-5-6-18-16(22)13-4-3-7-23-13/h3-4,7,11-12H,5-6,8-10H2,1-2H3,(H,17,21)(H,18,22). The number of nitrogens with zero attached hydrogens (tertiary/aromatic N) is 1. The molecule has 126 valence electrons. The van der Waals surface area contributed by atoms with E-state index < -0.39 is 0 Å². The average Bonchev–Trinajstić information content (AvgIpc) is 3.13. The van der Waals surface area contributed by atoms with E-state index in [1.165, 1.54) is 6.26 Å². The highest BCUT2D eigenvalue weighted by atomic mass is 16.3. The third-order valence-corrected chi connectivity index (χ3v) is 3.63. The van der Waals surface area contributed by atoms with Crippen molar-refractivity contribution in [3.8, 4) is 0 Å². The lowest BCUT2D eigenvalue weighted by atomic mass is 10.1. The molecule has 23 heavy (non-hydrogen) atoms. The Balaban J connectivity index is 1.67. The Bertz CT molecular complexity index is 554. The number of hydrogen-bond acceptors (Lipinski definition) is 4. The Kier molecular flexibility index (Phi) is 5.78. The van der Waals surface area contributed by atoms with Crippen molar-refractivity contribution in [3.63, 3.8) is 0 Å². The Hall–Kier alpha value is -2.31. The molecule has 0 saturated carbocycles. The minimum atomic E-state index is -0.316. The van der Waals surface area contributed by atoms with Crippen molar-refractivity contribution in [2.24, 2.45) is 11.8 Å². The highest BCUT2D eigenvalue weighted by molar-refractivity contribution is 5.91. The van der Waals surface area contributed by atoms with Crippen LogP contribution in [-0.4, -0.2) is 48.8 Å². The van der Waals surface area contributed by atoms with Crippen LogP contribution in [0.4, 0.5) is 0 Å². The largest absolute Gasteiger partial charge is 0.459 e. The van der Waals surface area contributed by atoms with E-state index in [-0.39, 0.29) is 35.8 Å². The predicted molar refractivity (Wildman–Crippen MR) is 83.6 cm³/mol. The molecule has 0 aliphatic carbocycles. The maximum Gasteiger partial charge on any atom is 0.287 e. The number of nitrogens with one attached hydrogen (secondary N) is 2. The summed E-state index contributed by atoms with van der Waals surface area (Å²) in [5, 5.41) is 5.41. The van der Waals surface area contributed by atoms with Crippen molar-refractivity contribution in [2.45, 2.75) is 20.3 Å². The molecule has 1 atom stereocenters. The normalized spacial score (nSPS) is 17.6. The van der Waals surface area contributed by atoms with Gasteiger partial charge in [-0.15, -0.1) is 0 Å². The summed E-state index contributed by atoms with van der Waals surface area (Å²) in [5.74, 6) is -0.105. The van der Waals surface area contributed by atoms with Gasteiger partial charge in [-0.1, -0.05) is 13.8 Å². The summed E-state index contributed by atoms with van der Waals surface area (Å²) in [4.78, 5) is 37.3. The number of rotatable bonds is 7. The average molecular weight is 321 g/mol. The molecule has 7 nitrogen and oxygen atoms in total. The van der Waals surface area contributed by atoms with Crippen molar-refractivity contribution in [2.75, 3.05) is 26.2 Å². The van der Waals surface area contributed by atoms with Gasteiger partial charge in [-0.05, 0) is 18.1 Å². The van der Waals surface area contributed by atoms with Gasteiger partial charge >= 0.3 is 0 Å². The number of furan rings is 1. The molecule has 0 radical (unpaired) electrons. The number of carbonyl (C=O) groups is 3. The summed E-state index contributed by atoms with van der Waals surface area (Å²) in [6, 6.07) is 3.21. The van der Waals surface area contributed by atoms with Gasteiger partial charge in [-0.3, -0.25) is 14.4 Å². The van der Waals surface area contributed by atoms with Gasteiger partial charge in [0.2, 0.25) is 11.8 Å². The van der Waals surface area contributed by atoms with Crippen LogP contribution in [0.25, 0.3) is 0 Å².